The first-order valence-electron chi connectivity index (χ1n) is 12.2. The molecule has 0 spiro atoms. The number of pyridine rings is 1. The van der Waals surface area contributed by atoms with Gasteiger partial charge in [0.15, 0.2) is 23.2 Å². The van der Waals surface area contributed by atoms with Gasteiger partial charge in [0.2, 0.25) is 0 Å². The van der Waals surface area contributed by atoms with E-state index in [4.69, 9.17) is 10.5 Å². The Labute approximate surface area is 224 Å². The van der Waals surface area contributed by atoms with E-state index >= 15 is 0 Å². The van der Waals surface area contributed by atoms with E-state index in [1.54, 1.807) is 5.10 Å². The molecule has 3 aromatic heterocycles. The van der Waals surface area contributed by atoms with E-state index in [0.29, 0.717) is 5.75 Å². The van der Waals surface area contributed by atoms with Crippen molar-refractivity contribution in [3.63, 3.8) is 0 Å². The van der Waals surface area contributed by atoms with Gasteiger partial charge in [-0.1, -0.05) is 38.5 Å². The number of aryl methyl sites for hydroxylation is 1. The lowest BCUT2D eigenvalue weighted by Gasteiger charge is -2.08. The van der Waals surface area contributed by atoms with E-state index < -0.39 is 40.2 Å². The van der Waals surface area contributed by atoms with Crippen molar-refractivity contribution in [3.05, 3.63) is 74.8 Å². The average molecular weight is 567 g/mol. The molecule has 0 saturated heterocycles. The third-order valence-electron chi connectivity index (χ3n) is 6.02. The number of nitrogens with two attached hydrogens (primary N) is 1. The van der Waals surface area contributed by atoms with Gasteiger partial charge in [-0.05, 0) is 17.5 Å². The molecule has 1 aliphatic carbocycles. The number of rotatable bonds is 2. The molecule has 5 rings (SSSR count). The predicted octanol–water partition coefficient (Wildman–Crippen LogP) is 4.99. The number of fused-ring (bicyclic) bond motifs is 1. The van der Waals surface area contributed by atoms with E-state index in [9.17, 15) is 31.5 Å². The van der Waals surface area contributed by atoms with Gasteiger partial charge in [0.05, 0.1) is 42.3 Å². The maximum Gasteiger partial charge on any atom is 0.423 e. The Kier molecular flexibility index (Phi) is 9.91. The van der Waals surface area contributed by atoms with Gasteiger partial charge >= 0.3 is 6.18 Å². The summed E-state index contributed by atoms with van der Waals surface area (Å²) in [6.45, 7) is 0. The first-order chi connectivity index (χ1) is 19.0. The molecule has 0 bridgehead atoms. The monoisotopic (exact) mass is 566 g/mol. The fourth-order valence-corrected chi connectivity index (χ4v) is 3.92. The molecule has 14 heteroatoms. The van der Waals surface area contributed by atoms with Crippen molar-refractivity contribution >= 4 is 16.5 Å². The summed E-state index contributed by atoms with van der Waals surface area (Å²) >= 11 is 0. The van der Waals surface area contributed by atoms with E-state index in [0.717, 1.165) is 6.20 Å². The lowest BCUT2D eigenvalue weighted by molar-refractivity contribution is -0.138. The topological polar surface area (TPSA) is 129 Å². The van der Waals surface area contributed by atoms with Crippen LogP contribution >= 0.6 is 0 Å². The Morgan fingerprint density at radius 1 is 0.975 bits per heavy atom. The Morgan fingerprint density at radius 3 is 2.02 bits per heavy atom. The average Bonchev–Trinajstić information content (AvgIpc) is 2.93. The number of hydrogen-bond donors (Lipinski definition) is 2. The molecule has 0 atom stereocenters. The smallest absolute Gasteiger partial charge is 0.423 e. The SMILES string of the molecule is C1CCCCC1.COc1cnc(-c2cc3ccn(C)c(=O)c3c(F)c2F)nc1.Nc1cn[nH]c(=O)c1C(F)(F)F. The number of ether oxygens (including phenoxy) is 1. The van der Waals surface area contributed by atoms with Gasteiger partial charge in [-0.3, -0.25) is 9.59 Å². The Hall–Kier alpha value is -4.36. The Balaban J connectivity index is 0.000000204. The number of H-pyrrole nitrogens is 1. The molecule has 3 N–H and O–H groups in total. The van der Waals surface area contributed by atoms with Crippen LogP contribution in [0.25, 0.3) is 22.2 Å². The van der Waals surface area contributed by atoms with Crippen molar-refractivity contribution in [2.24, 2.45) is 7.05 Å². The fraction of sp³-hybridized carbons (Fsp3) is 0.346. The van der Waals surface area contributed by atoms with Gasteiger partial charge in [0, 0.05) is 13.2 Å². The molecule has 3 heterocycles. The molecular formula is C26H27F5N6O3. The molecule has 40 heavy (non-hydrogen) atoms. The van der Waals surface area contributed by atoms with Gasteiger partial charge in [0.1, 0.15) is 5.56 Å². The lowest BCUT2D eigenvalue weighted by Crippen LogP contribution is -2.24. The summed E-state index contributed by atoms with van der Waals surface area (Å²) in [5.74, 6) is -1.94. The van der Waals surface area contributed by atoms with E-state index in [2.05, 4.69) is 15.1 Å². The summed E-state index contributed by atoms with van der Waals surface area (Å²) in [7, 11) is 2.92. The number of methoxy groups -OCH3 is 1. The highest BCUT2D eigenvalue weighted by molar-refractivity contribution is 5.86. The first-order valence-corrected chi connectivity index (χ1v) is 12.2. The van der Waals surface area contributed by atoms with Crippen LogP contribution in [0.15, 0.2) is 46.5 Å². The van der Waals surface area contributed by atoms with Crippen LogP contribution in [-0.2, 0) is 13.2 Å². The second-order valence-electron chi connectivity index (χ2n) is 8.84. The van der Waals surface area contributed by atoms with Gasteiger partial charge in [-0.2, -0.15) is 18.3 Å². The van der Waals surface area contributed by atoms with Gasteiger partial charge in [-0.25, -0.2) is 23.8 Å². The molecule has 0 unspecified atom stereocenters. The number of nitrogens with zero attached hydrogens (tertiary/aromatic N) is 4. The van der Waals surface area contributed by atoms with Crippen LogP contribution in [-0.4, -0.2) is 31.8 Å². The van der Waals surface area contributed by atoms with E-state index in [1.165, 1.54) is 88.0 Å². The van der Waals surface area contributed by atoms with Crippen molar-refractivity contribution in [2.45, 2.75) is 44.7 Å². The Morgan fingerprint density at radius 2 is 1.55 bits per heavy atom. The zero-order chi connectivity index (χ0) is 29.4. The third-order valence-corrected chi connectivity index (χ3v) is 6.02. The number of anilines is 1. The fourth-order valence-electron chi connectivity index (χ4n) is 3.92. The van der Waals surface area contributed by atoms with Crippen molar-refractivity contribution in [1.29, 1.82) is 0 Å². The zero-order valence-electron chi connectivity index (χ0n) is 21.7. The third kappa shape index (κ3) is 7.18. The molecule has 0 radical (unpaired) electrons. The second kappa shape index (κ2) is 13.1. The largest absolute Gasteiger partial charge is 0.494 e. The number of nitrogens with one attached hydrogen (secondary N) is 1. The molecule has 1 saturated carbocycles. The molecule has 1 aromatic carbocycles. The lowest BCUT2D eigenvalue weighted by atomic mass is 10.0. The number of nitrogen functional groups attached to an aromatic ring is 1. The Bertz CT molecular complexity index is 1550. The number of aromatic amines is 1. The van der Waals surface area contributed by atoms with E-state index in [-0.39, 0.29) is 22.2 Å². The predicted molar refractivity (Wildman–Crippen MR) is 139 cm³/mol. The van der Waals surface area contributed by atoms with Crippen LogP contribution < -0.4 is 21.6 Å². The van der Waals surface area contributed by atoms with Gasteiger partial charge < -0.3 is 15.0 Å². The van der Waals surface area contributed by atoms with Crippen LogP contribution in [0.2, 0.25) is 0 Å². The van der Waals surface area contributed by atoms with Gasteiger partial charge in [-0.15, -0.1) is 0 Å². The molecule has 1 fully saturated rings. The highest BCUT2D eigenvalue weighted by Crippen LogP contribution is 2.30. The number of alkyl halides is 3. The van der Waals surface area contributed by atoms with Crippen LogP contribution in [0.1, 0.15) is 44.1 Å². The number of aromatic nitrogens is 5. The second-order valence-corrected chi connectivity index (χ2v) is 8.84. The summed E-state index contributed by atoms with van der Waals surface area (Å²) in [4.78, 5) is 30.4. The minimum absolute atomic E-state index is 0.0137. The van der Waals surface area contributed by atoms with Crippen LogP contribution in [0.5, 0.6) is 5.75 Å². The van der Waals surface area contributed by atoms with Crippen LogP contribution in [0.4, 0.5) is 27.6 Å². The quantitative estimate of drug-likeness (QED) is 0.327. The highest BCUT2D eigenvalue weighted by atomic mass is 19.4. The summed E-state index contributed by atoms with van der Waals surface area (Å²) in [5, 5.41) is 4.73. The summed E-state index contributed by atoms with van der Waals surface area (Å²) < 4.78 is 70.6. The maximum absolute atomic E-state index is 14.3. The molecule has 4 aromatic rings. The first kappa shape index (κ1) is 30.2. The molecule has 0 amide bonds. The summed E-state index contributed by atoms with van der Waals surface area (Å²) in [6, 6.07) is 2.89. The van der Waals surface area contributed by atoms with Crippen molar-refractivity contribution in [1.82, 2.24) is 24.7 Å². The molecule has 1 aliphatic rings. The van der Waals surface area contributed by atoms with Crippen molar-refractivity contribution in [2.75, 3.05) is 12.8 Å². The summed E-state index contributed by atoms with van der Waals surface area (Å²) in [5.41, 5.74) is 0.783. The normalized spacial score (nSPS) is 13.1. The zero-order valence-corrected chi connectivity index (χ0v) is 21.7. The standard InChI is InChI=1S/C15H11F2N3O2.C6H12.C5H4F3N3O/c1-20-4-3-8-5-10(12(16)13(17)11(8)15(20)21)14-18-6-9(22-2)7-19-14;1-2-4-6-5-3-1;6-5(7,8)3-2(9)1-10-11-4(3)12/h3-7H,1-2H3;1-6H2;1H,(H3,9,11,12). The maximum atomic E-state index is 14.3. The van der Waals surface area contributed by atoms with Crippen LogP contribution in [0, 0.1) is 11.6 Å². The summed E-state index contributed by atoms with van der Waals surface area (Å²) in [6.07, 6.45) is 9.20. The molecular weight excluding hydrogens is 539 g/mol. The minimum atomic E-state index is -4.74. The van der Waals surface area contributed by atoms with Gasteiger partial charge in [0.25, 0.3) is 11.1 Å². The van der Waals surface area contributed by atoms with Crippen LogP contribution in [0.3, 0.4) is 0 Å². The molecule has 214 valence electrons. The minimum Gasteiger partial charge on any atom is -0.494 e. The number of hydrogen-bond acceptors (Lipinski definition) is 7. The van der Waals surface area contributed by atoms with Crippen molar-refractivity contribution in [3.8, 4) is 17.1 Å². The van der Waals surface area contributed by atoms with Crippen molar-refractivity contribution < 1.29 is 26.7 Å². The number of benzene rings is 1. The molecule has 9 nitrogen and oxygen atoms in total. The van der Waals surface area contributed by atoms with E-state index in [1.807, 2.05) is 0 Å². The highest BCUT2D eigenvalue weighted by Gasteiger charge is 2.36. The number of halogens is 5. The molecule has 0 aliphatic heterocycles.